The smallest absolute Gasteiger partial charge is 0.256 e. The summed E-state index contributed by atoms with van der Waals surface area (Å²) in [5, 5.41) is 7.76. The van der Waals surface area contributed by atoms with Gasteiger partial charge in [0.25, 0.3) is 11.8 Å². The fourth-order valence-corrected chi connectivity index (χ4v) is 3.13. The Morgan fingerprint density at radius 3 is 2.62 bits per heavy atom. The summed E-state index contributed by atoms with van der Waals surface area (Å²) in [5.74, 6) is -0.484. The summed E-state index contributed by atoms with van der Waals surface area (Å²) in [5.41, 5.74) is 7.44. The molecule has 0 aliphatic rings. The molecule has 2 amide bonds. The molecule has 8 heteroatoms. The van der Waals surface area contributed by atoms with Gasteiger partial charge < -0.3 is 15.5 Å². The van der Waals surface area contributed by atoms with E-state index in [1.54, 1.807) is 59.6 Å². The van der Waals surface area contributed by atoms with Gasteiger partial charge in [0.1, 0.15) is 5.69 Å². The number of para-hydroxylation sites is 1. The Hall–Kier alpha value is -3.94. The number of hydrogen-bond acceptors (Lipinski definition) is 5. The first-order valence-corrected chi connectivity index (χ1v) is 9.08. The number of nitrogens with two attached hydrogens (primary N) is 1. The summed E-state index contributed by atoms with van der Waals surface area (Å²) in [7, 11) is 0. The molecule has 0 spiro atoms. The molecule has 8 nitrogen and oxygen atoms in total. The van der Waals surface area contributed by atoms with Crippen LogP contribution in [0.3, 0.4) is 0 Å². The number of aromatic nitrogens is 3. The predicted molar refractivity (Wildman–Crippen MR) is 109 cm³/mol. The van der Waals surface area contributed by atoms with Gasteiger partial charge in [-0.2, -0.15) is 5.10 Å². The van der Waals surface area contributed by atoms with Gasteiger partial charge in [0.15, 0.2) is 11.4 Å². The lowest BCUT2D eigenvalue weighted by Gasteiger charge is -2.11. The zero-order chi connectivity index (χ0) is 20.5. The molecule has 0 fully saturated rings. The van der Waals surface area contributed by atoms with Gasteiger partial charge in [0.2, 0.25) is 0 Å². The molecule has 29 heavy (non-hydrogen) atoms. The summed E-state index contributed by atoms with van der Waals surface area (Å²) in [6.45, 7) is 3.97. The minimum absolute atomic E-state index is 0.0540. The number of primary amides is 1. The lowest BCUT2D eigenvalue weighted by Crippen LogP contribution is -2.18. The molecule has 1 aromatic carbocycles. The van der Waals surface area contributed by atoms with Crippen LogP contribution < -0.4 is 11.1 Å². The van der Waals surface area contributed by atoms with Crippen molar-refractivity contribution >= 4 is 28.5 Å². The molecule has 146 valence electrons. The monoisotopic (exact) mass is 389 g/mol. The summed E-state index contributed by atoms with van der Waals surface area (Å²) in [6, 6.07) is 11.8. The summed E-state index contributed by atoms with van der Waals surface area (Å²) in [4.78, 5) is 29.5. The number of nitrogens with one attached hydrogen (secondary N) is 1. The Kier molecular flexibility index (Phi) is 4.59. The van der Waals surface area contributed by atoms with Crippen LogP contribution in [-0.4, -0.2) is 26.6 Å². The van der Waals surface area contributed by atoms with E-state index in [2.05, 4.69) is 15.4 Å². The standard InChI is InChI=1S/C21H19N5O3/c1-12(2)26-20-15(11-23-26)14(10-17(24-20)18-8-5-9-29-18)21(28)25-16-7-4-3-6-13(16)19(22)27/h3-12H,1-2H3,(H2,22,27)(H,25,28). The molecule has 0 saturated heterocycles. The van der Waals surface area contributed by atoms with E-state index in [0.29, 0.717) is 33.7 Å². The summed E-state index contributed by atoms with van der Waals surface area (Å²) in [6.07, 6.45) is 3.16. The molecule has 4 rings (SSSR count). The van der Waals surface area contributed by atoms with Gasteiger partial charge in [-0.3, -0.25) is 9.59 Å². The Balaban J connectivity index is 1.84. The maximum absolute atomic E-state index is 13.1. The number of amides is 2. The second-order valence-electron chi connectivity index (χ2n) is 6.82. The quantitative estimate of drug-likeness (QED) is 0.541. The number of carbonyl (C=O) groups is 2. The van der Waals surface area contributed by atoms with E-state index in [9.17, 15) is 9.59 Å². The number of rotatable bonds is 5. The van der Waals surface area contributed by atoms with E-state index < -0.39 is 11.8 Å². The molecule has 0 unspecified atom stereocenters. The van der Waals surface area contributed by atoms with Crippen molar-refractivity contribution < 1.29 is 14.0 Å². The van der Waals surface area contributed by atoms with Crippen molar-refractivity contribution in [3.05, 3.63) is 66.1 Å². The number of fused-ring (bicyclic) bond motifs is 1. The van der Waals surface area contributed by atoms with E-state index in [1.165, 1.54) is 0 Å². The highest BCUT2D eigenvalue weighted by molar-refractivity contribution is 6.14. The van der Waals surface area contributed by atoms with Gasteiger partial charge in [-0.1, -0.05) is 12.1 Å². The van der Waals surface area contributed by atoms with E-state index in [-0.39, 0.29) is 11.6 Å². The largest absolute Gasteiger partial charge is 0.463 e. The van der Waals surface area contributed by atoms with Crippen LogP contribution in [0.15, 0.2) is 59.3 Å². The van der Waals surface area contributed by atoms with Crippen molar-refractivity contribution in [3.8, 4) is 11.5 Å². The third kappa shape index (κ3) is 3.36. The van der Waals surface area contributed by atoms with E-state index in [0.717, 1.165) is 0 Å². The van der Waals surface area contributed by atoms with Gasteiger partial charge in [-0.25, -0.2) is 9.67 Å². The number of pyridine rings is 1. The highest BCUT2D eigenvalue weighted by Gasteiger charge is 2.20. The van der Waals surface area contributed by atoms with Crippen LogP contribution >= 0.6 is 0 Å². The SMILES string of the molecule is CC(C)n1ncc2c(C(=O)Nc3ccccc3C(N)=O)cc(-c3ccco3)nc21. The second kappa shape index (κ2) is 7.23. The Labute approximate surface area is 166 Å². The second-order valence-corrected chi connectivity index (χ2v) is 6.82. The van der Waals surface area contributed by atoms with Crippen LogP contribution in [0, 0.1) is 0 Å². The molecule has 3 N–H and O–H groups in total. The molecule has 3 heterocycles. The van der Waals surface area contributed by atoms with Crippen LogP contribution in [0.5, 0.6) is 0 Å². The van der Waals surface area contributed by atoms with Gasteiger partial charge in [0, 0.05) is 6.04 Å². The highest BCUT2D eigenvalue weighted by Crippen LogP contribution is 2.27. The molecule has 0 radical (unpaired) electrons. The summed E-state index contributed by atoms with van der Waals surface area (Å²) >= 11 is 0. The van der Waals surface area contributed by atoms with Crippen LogP contribution in [0.1, 0.15) is 40.6 Å². The molecule has 3 aromatic heterocycles. The fraction of sp³-hybridized carbons (Fsp3) is 0.143. The zero-order valence-electron chi connectivity index (χ0n) is 15.9. The van der Waals surface area contributed by atoms with E-state index in [4.69, 9.17) is 10.2 Å². The van der Waals surface area contributed by atoms with E-state index >= 15 is 0 Å². The van der Waals surface area contributed by atoms with Gasteiger partial charge >= 0.3 is 0 Å². The molecular formula is C21H19N5O3. The first kappa shape index (κ1) is 18.4. The minimum Gasteiger partial charge on any atom is -0.463 e. The lowest BCUT2D eigenvalue weighted by molar-refractivity contribution is 0.100. The number of carbonyl (C=O) groups excluding carboxylic acids is 2. The summed E-state index contributed by atoms with van der Waals surface area (Å²) < 4.78 is 7.21. The molecule has 0 atom stereocenters. The predicted octanol–water partition coefficient (Wildman–Crippen LogP) is 3.62. The van der Waals surface area contributed by atoms with Crippen LogP contribution in [-0.2, 0) is 0 Å². The van der Waals surface area contributed by atoms with Crippen LogP contribution in [0.2, 0.25) is 0 Å². The first-order chi connectivity index (χ1) is 14.0. The van der Waals surface area contributed by atoms with Gasteiger partial charge in [-0.15, -0.1) is 0 Å². The molecule has 0 saturated carbocycles. The molecule has 0 aliphatic carbocycles. The Morgan fingerprint density at radius 1 is 1.14 bits per heavy atom. The average molecular weight is 389 g/mol. The van der Waals surface area contributed by atoms with E-state index in [1.807, 2.05) is 13.8 Å². The van der Waals surface area contributed by atoms with Gasteiger partial charge in [0.05, 0.1) is 34.7 Å². The first-order valence-electron chi connectivity index (χ1n) is 9.08. The normalized spacial score (nSPS) is 11.1. The molecular weight excluding hydrogens is 370 g/mol. The van der Waals surface area contributed by atoms with Gasteiger partial charge in [-0.05, 0) is 44.2 Å². The fourth-order valence-electron chi connectivity index (χ4n) is 3.13. The third-order valence-corrected chi connectivity index (χ3v) is 4.51. The molecule has 0 bridgehead atoms. The molecule has 0 aliphatic heterocycles. The number of benzene rings is 1. The molecule has 4 aromatic rings. The third-order valence-electron chi connectivity index (χ3n) is 4.51. The number of nitrogens with zero attached hydrogens (tertiary/aromatic N) is 3. The maximum Gasteiger partial charge on any atom is 0.256 e. The highest BCUT2D eigenvalue weighted by atomic mass is 16.3. The van der Waals surface area contributed by atoms with Crippen molar-refractivity contribution in [2.45, 2.75) is 19.9 Å². The topological polar surface area (TPSA) is 116 Å². The van der Waals surface area contributed by atoms with Crippen LogP contribution in [0.25, 0.3) is 22.5 Å². The number of hydrogen-bond donors (Lipinski definition) is 2. The van der Waals surface area contributed by atoms with Crippen molar-refractivity contribution in [2.75, 3.05) is 5.32 Å². The van der Waals surface area contributed by atoms with Crippen molar-refractivity contribution in [2.24, 2.45) is 5.73 Å². The van der Waals surface area contributed by atoms with Crippen LogP contribution in [0.4, 0.5) is 5.69 Å². The van der Waals surface area contributed by atoms with Crippen molar-refractivity contribution in [1.82, 2.24) is 14.8 Å². The maximum atomic E-state index is 13.1. The van der Waals surface area contributed by atoms with Crippen molar-refractivity contribution in [3.63, 3.8) is 0 Å². The Morgan fingerprint density at radius 2 is 1.93 bits per heavy atom. The van der Waals surface area contributed by atoms with Crippen molar-refractivity contribution in [1.29, 1.82) is 0 Å². The average Bonchev–Trinajstić information content (AvgIpc) is 3.37. The zero-order valence-corrected chi connectivity index (χ0v) is 15.9. The minimum atomic E-state index is -0.621. The Bertz CT molecular complexity index is 1210. The number of furan rings is 1. The lowest BCUT2D eigenvalue weighted by atomic mass is 10.1. The number of anilines is 1.